The van der Waals surface area contributed by atoms with Crippen molar-refractivity contribution in [2.75, 3.05) is 44.5 Å². The molecule has 32 heavy (non-hydrogen) atoms. The van der Waals surface area contributed by atoms with E-state index in [0.717, 1.165) is 56.0 Å². The maximum atomic E-state index is 12.0. The fraction of sp³-hybridized carbons (Fsp3) is 0.381. The van der Waals surface area contributed by atoms with Crippen molar-refractivity contribution >= 4 is 48.3 Å². The van der Waals surface area contributed by atoms with E-state index in [1.807, 2.05) is 25.1 Å². The minimum atomic E-state index is -3.29. The molecule has 1 saturated heterocycles. The molecule has 11 heteroatoms. The molecule has 1 N–H and O–H groups in total. The second kappa shape index (κ2) is 8.07. The zero-order chi connectivity index (χ0) is 22.5. The van der Waals surface area contributed by atoms with Gasteiger partial charge in [0, 0.05) is 42.5 Å². The highest BCUT2D eigenvalue weighted by atomic mass is 32.2. The number of anilines is 1. The van der Waals surface area contributed by atoms with Gasteiger partial charge in [0.15, 0.2) is 11.6 Å². The van der Waals surface area contributed by atoms with Gasteiger partial charge in [0.2, 0.25) is 10.0 Å². The number of nitrogens with zero attached hydrogens (tertiary/aromatic N) is 5. The molecule has 0 atom stereocenters. The number of morpholine rings is 1. The van der Waals surface area contributed by atoms with Gasteiger partial charge >= 0.3 is 0 Å². The van der Waals surface area contributed by atoms with Crippen molar-refractivity contribution in [2.45, 2.75) is 13.5 Å². The van der Waals surface area contributed by atoms with E-state index < -0.39 is 10.0 Å². The van der Waals surface area contributed by atoms with E-state index in [1.54, 1.807) is 24.6 Å². The molecule has 0 spiro atoms. The third-order valence-electron chi connectivity index (χ3n) is 5.82. The van der Waals surface area contributed by atoms with E-state index in [1.165, 1.54) is 10.6 Å². The van der Waals surface area contributed by atoms with E-state index in [4.69, 9.17) is 14.7 Å². The summed E-state index contributed by atoms with van der Waals surface area (Å²) in [6.07, 6.45) is 3.01. The normalized spacial score (nSPS) is 15.3. The number of aryl methyl sites for hydroxylation is 1. The maximum Gasteiger partial charge on any atom is 0.211 e. The molecule has 4 heterocycles. The number of hydrogen-bond donors (Lipinski definition) is 1. The number of nitrogens with one attached hydrogen (secondary N) is 1. The van der Waals surface area contributed by atoms with Gasteiger partial charge in [-0.15, -0.1) is 11.3 Å². The molecule has 0 unspecified atom stereocenters. The Hall–Kier alpha value is -2.60. The van der Waals surface area contributed by atoms with Crippen molar-refractivity contribution in [1.29, 1.82) is 0 Å². The number of benzene rings is 1. The molecule has 0 aliphatic carbocycles. The monoisotopic (exact) mass is 472 g/mol. The van der Waals surface area contributed by atoms with E-state index in [-0.39, 0.29) is 0 Å². The number of aromatic amines is 1. The molecule has 1 aliphatic heterocycles. The predicted octanol–water partition coefficient (Wildman–Crippen LogP) is 2.77. The maximum absolute atomic E-state index is 12.0. The summed E-state index contributed by atoms with van der Waals surface area (Å²) in [6.45, 7) is 5.09. The molecule has 1 aromatic carbocycles. The summed E-state index contributed by atoms with van der Waals surface area (Å²) in [5, 5.41) is 8.14. The molecule has 1 aliphatic rings. The van der Waals surface area contributed by atoms with Gasteiger partial charge in [-0.25, -0.2) is 22.7 Å². The van der Waals surface area contributed by atoms with Gasteiger partial charge in [-0.3, -0.25) is 5.10 Å². The highest BCUT2D eigenvalue weighted by molar-refractivity contribution is 7.88. The van der Waals surface area contributed by atoms with Gasteiger partial charge < -0.3 is 9.64 Å². The molecule has 3 aromatic heterocycles. The first-order chi connectivity index (χ1) is 15.3. The van der Waals surface area contributed by atoms with E-state index in [2.05, 4.69) is 15.1 Å². The molecule has 5 rings (SSSR count). The molecule has 0 radical (unpaired) electrons. The predicted molar refractivity (Wildman–Crippen MR) is 127 cm³/mol. The van der Waals surface area contributed by atoms with Crippen molar-refractivity contribution in [1.82, 2.24) is 24.5 Å². The molecule has 168 valence electrons. The highest BCUT2D eigenvalue weighted by Crippen LogP contribution is 2.39. The second-order valence-electron chi connectivity index (χ2n) is 7.95. The molecular formula is C21H24N6O3S2. The van der Waals surface area contributed by atoms with Crippen LogP contribution in [0.15, 0.2) is 24.4 Å². The second-order valence-corrected chi connectivity index (χ2v) is 11.1. The SMILES string of the molecule is Cc1c(CN(C)S(C)(=O)=O)sc2c(N3CCOCC3)nc(-c3cccc4[nH]ncc34)nc12. The van der Waals surface area contributed by atoms with Crippen molar-refractivity contribution in [3.8, 4) is 11.4 Å². The number of H-pyrrole nitrogens is 1. The minimum Gasteiger partial charge on any atom is -0.378 e. The molecule has 0 bridgehead atoms. The van der Waals surface area contributed by atoms with Gasteiger partial charge in [-0.1, -0.05) is 12.1 Å². The molecule has 4 aromatic rings. The lowest BCUT2D eigenvalue weighted by atomic mass is 10.1. The number of thiophene rings is 1. The zero-order valence-electron chi connectivity index (χ0n) is 18.1. The number of hydrogen-bond acceptors (Lipinski definition) is 8. The highest BCUT2D eigenvalue weighted by Gasteiger charge is 2.24. The van der Waals surface area contributed by atoms with Crippen molar-refractivity contribution in [2.24, 2.45) is 0 Å². The first kappa shape index (κ1) is 21.3. The van der Waals surface area contributed by atoms with Crippen LogP contribution in [0.25, 0.3) is 32.5 Å². The smallest absolute Gasteiger partial charge is 0.211 e. The van der Waals surface area contributed by atoms with Crippen LogP contribution in [0.2, 0.25) is 0 Å². The van der Waals surface area contributed by atoms with Crippen molar-refractivity contribution < 1.29 is 13.2 Å². The Morgan fingerprint density at radius 3 is 2.78 bits per heavy atom. The lowest BCUT2D eigenvalue weighted by Gasteiger charge is -2.28. The van der Waals surface area contributed by atoms with Gasteiger partial charge in [0.1, 0.15) is 0 Å². The first-order valence-corrected chi connectivity index (χ1v) is 13.0. The van der Waals surface area contributed by atoms with E-state index in [0.29, 0.717) is 25.6 Å². The van der Waals surface area contributed by atoms with Crippen LogP contribution in [0, 0.1) is 6.92 Å². The van der Waals surface area contributed by atoms with Gasteiger partial charge in [-0.05, 0) is 18.6 Å². The van der Waals surface area contributed by atoms with Crippen LogP contribution in [0.5, 0.6) is 0 Å². The summed E-state index contributed by atoms with van der Waals surface area (Å²) < 4.78 is 31.9. The first-order valence-electron chi connectivity index (χ1n) is 10.3. The summed E-state index contributed by atoms with van der Waals surface area (Å²) in [7, 11) is -1.69. The number of aromatic nitrogens is 4. The third-order valence-corrected chi connectivity index (χ3v) is 8.34. The number of fused-ring (bicyclic) bond motifs is 2. The Labute approximate surface area is 190 Å². The summed E-state index contributed by atoms with van der Waals surface area (Å²) in [5.74, 6) is 1.50. The van der Waals surface area contributed by atoms with Crippen LogP contribution in [0.4, 0.5) is 5.82 Å². The van der Waals surface area contributed by atoms with Crippen LogP contribution in [0.1, 0.15) is 10.4 Å². The van der Waals surface area contributed by atoms with Gasteiger partial charge in [-0.2, -0.15) is 5.10 Å². The lowest BCUT2D eigenvalue weighted by molar-refractivity contribution is 0.122. The Morgan fingerprint density at radius 2 is 2.03 bits per heavy atom. The molecular weight excluding hydrogens is 448 g/mol. The summed E-state index contributed by atoms with van der Waals surface area (Å²) in [6, 6.07) is 5.94. The summed E-state index contributed by atoms with van der Waals surface area (Å²) >= 11 is 1.57. The topological polar surface area (TPSA) is 104 Å². The standard InChI is InChI=1S/C21H24N6O3S2/c1-13-17(12-26(2)32(3,28)29)31-19-18(13)23-20(24-21(19)27-7-9-30-10-8-27)14-5-4-6-16-15(14)11-22-25-16/h4-6,11H,7-10,12H2,1-3H3,(H,22,25). The van der Waals surface area contributed by atoms with Crippen LogP contribution in [0.3, 0.4) is 0 Å². The Bertz CT molecular complexity index is 1410. The molecule has 1 fully saturated rings. The average Bonchev–Trinajstić information content (AvgIpc) is 3.38. The van der Waals surface area contributed by atoms with E-state index >= 15 is 0 Å². The van der Waals surface area contributed by atoms with Crippen molar-refractivity contribution in [3.63, 3.8) is 0 Å². The van der Waals surface area contributed by atoms with Crippen LogP contribution in [-0.2, 0) is 21.3 Å². The Morgan fingerprint density at radius 1 is 1.25 bits per heavy atom. The van der Waals surface area contributed by atoms with Crippen LogP contribution in [-0.4, -0.2) is 72.5 Å². The zero-order valence-corrected chi connectivity index (χ0v) is 19.8. The quantitative estimate of drug-likeness (QED) is 0.476. The largest absolute Gasteiger partial charge is 0.378 e. The molecule has 0 saturated carbocycles. The van der Waals surface area contributed by atoms with Gasteiger partial charge in [0.05, 0.1) is 41.4 Å². The fourth-order valence-electron chi connectivity index (χ4n) is 3.86. The summed E-state index contributed by atoms with van der Waals surface area (Å²) in [5.41, 5.74) is 3.68. The minimum absolute atomic E-state index is 0.306. The number of sulfonamides is 1. The van der Waals surface area contributed by atoms with Gasteiger partial charge in [0.25, 0.3) is 0 Å². The van der Waals surface area contributed by atoms with E-state index in [9.17, 15) is 8.42 Å². The Balaban J connectivity index is 1.71. The van der Waals surface area contributed by atoms with Crippen LogP contribution >= 0.6 is 11.3 Å². The molecule has 9 nitrogen and oxygen atoms in total. The summed E-state index contributed by atoms with van der Waals surface area (Å²) in [4.78, 5) is 13.2. The average molecular weight is 473 g/mol. The van der Waals surface area contributed by atoms with Crippen molar-refractivity contribution in [3.05, 3.63) is 34.8 Å². The lowest BCUT2D eigenvalue weighted by Crippen LogP contribution is -2.36. The third kappa shape index (κ3) is 3.75. The number of rotatable bonds is 5. The fourth-order valence-corrected chi connectivity index (χ4v) is 5.62. The Kier molecular flexibility index (Phi) is 5.36. The molecule has 0 amide bonds. The van der Waals surface area contributed by atoms with Crippen LogP contribution < -0.4 is 4.90 Å². The number of ether oxygens (including phenoxy) is 1.